The Balaban J connectivity index is 2.42. The number of aromatic nitrogens is 4. The molecule has 2 aromatic heterocycles. The summed E-state index contributed by atoms with van der Waals surface area (Å²) in [5, 5.41) is 0. The van der Waals surface area contributed by atoms with Gasteiger partial charge < -0.3 is 0 Å². The zero-order valence-electron chi connectivity index (χ0n) is 6.55. The van der Waals surface area contributed by atoms with E-state index in [2.05, 4.69) is 35.9 Å². The van der Waals surface area contributed by atoms with E-state index in [-0.39, 0.29) is 0 Å². The van der Waals surface area contributed by atoms with Crippen molar-refractivity contribution in [2.75, 3.05) is 0 Å². The molecule has 0 aliphatic heterocycles. The second kappa shape index (κ2) is 3.57. The van der Waals surface area contributed by atoms with Crippen molar-refractivity contribution in [3.05, 3.63) is 35.3 Å². The lowest BCUT2D eigenvalue weighted by Gasteiger charge is -1.95. The van der Waals surface area contributed by atoms with Gasteiger partial charge in [0.05, 0.1) is 4.47 Å². The van der Waals surface area contributed by atoms with E-state index in [4.69, 9.17) is 0 Å². The summed E-state index contributed by atoms with van der Waals surface area (Å²) in [7, 11) is 0. The predicted octanol–water partition coefficient (Wildman–Crippen LogP) is 1.70. The number of hydrogen-bond donors (Lipinski definition) is 0. The molecule has 5 heteroatoms. The third-order valence-electron chi connectivity index (χ3n) is 1.39. The van der Waals surface area contributed by atoms with Gasteiger partial charge in [0, 0.05) is 24.8 Å². The van der Waals surface area contributed by atoms with Crippen molar-refractivity contribution in [3.63, 3.8) is 0 Å². The molecule has 0 spiro atoms. The van der Waals surface area contributed by atoms with E-state index in [0.717, 1.165) is 4.47 Å². The van der Waals surface area contributed by atoms with Gasteiger partial charge >= 0.3 is 0 Å². The van der Waals surface area contributed by atoms with Gasteiger partial charge in [-0.05, 0) is 22.0 Å². The summed E-state index contributed by atoms with van der Waals surface area (Å²) in [6.07, 6.45) is 6.65. The number of nitrogens with zero attached hydrogens (tertiary/aromatic N) is 4. The van der Waals surface area contributed by atoms with E-state index >= 15 is 0 Å². The lowest BCUT2D eigenvalue weighted by atomic mass is 10.5. The van der Waals surface area contributed by atoms with Crippen LogP contribution in [0, 0.1) is 0 Å². The minimum absolute atomic E-state index is 0.531. The average Bonchev–Trinajstić information content (AvgIpc) is 2.20. The molecule has 2 aromatic rings. The molecule has 0 bridgehead atoms. The molecular weight excluding hydrogens is 232 g/mol. The molecule has 0 aromatic carbocycles. The Morgan fingerprint density at radius 2 is 1.38 bits per heavy atom. The van der Waals surface area contributed by atoms with E-state index < -0.39 is 0 Å². The number of rotatable bonds is 1. The molecule has 0 fully saturated rings. The van der Waals surface area contributed by atoms with Crippen molar-refractivity contribution in [2.24, 2.45) is 0 Å². The van der Waals surface area contributed by atoms with Crippen LogP contribution in [0.1, 0.15) is 0 Å². The fourth-order valence-corrected chi connectivity index (χ4v) is 1.05. The van der Waals surface area contributed by atoms with Gasteiger partial charge in [0.15, 0.2) is 11.6 Å². The van der Waals surface area contributed by atoms with Gasteiger partial charge in [-0.25, -0.2) is 19.9 Å². The Hall–Kier alpha value is -1.36. The highest BCUT2D eigenvalue weighted by Crippen LogP contribution is 2.10. The van der Waals surface area contributed by atoms with Crippen LogP contribution in [0.4, 0.5) is 0 Å². The van der Waals surface area contributed by atoms with E-state index in [0.29, 0.717) is 11.6 Å². The Kier molecular flexibility index (Phi) is 2.27. The summed E-state index contributed by atoms with van der Waals surface area (Å²) in [6, 6.07) is 1.75. The Labute approximate surface area is 83.2 Å². The first-order valence-electron chi connectivity index (χ1n) is 3.61. The summed E-state index contributed by atoms with van der Waals surface area (Å²) in [5.74, 6) is 1.07. The van der Waals surface area contributed by atoms with Crippen LogP contribution in [0.15, 0.2) is 35.3 Å². The van der Waals surface area contributed by atoms with Crippen LogP contribution >= 0.6 is 15.9 Å². The second-order valence-corrected chi connectivity index (χ2v) is 3.21. The molecular formula is C8H5BrN4. The normalized spacial score (nSPS) is 9.92. The van der Waals surface area contributed by atoms with Crippen molar-refractivity contribution in [3.8, 4) is 11.6 Å². The van der Waals surface area contributed by atoms with Crippen molar-refractivity contribution in [2.45, 2.75) is 0 Å². The van der Waals surface area contributed by atoms with Gasteiger partial charge in [-0.3, -0.25) is 0 Å². The van der Waals surface area contributed by atoms with Crippen LogP contribution < -0.4 is 0 Å². The summed E-state index contributed by atoms with van der Waals surface area (Å²) in [5.41, 5.74) is 0. The maximum atomic E-state index is 4.07. The Morgan fingerprint density at radius 1 is 0.846 bits per heavy atom. The van der Waals surface area contributed by atoms with Crippen molar-refractivity contribution >= 4 is 15.9 Å². The quantitative estimate of drug-likeness (QED) is 0.757. The topological polar surface area (TPSA) is 51.6 Å². The minimum Gasteiger partial charge on any atom is -0.234 e. The van der Waals surface area contributed by atoms with E-state index in [1.165, 1.54) is 0 Å². The highest BCUT2D eigenvalue weighted by Gasteiger charge is 2.01. The largest absolute Gasteiger partial charge is 0.234 e. The lowest BCUT2D eigenvalue weighted by molar-refractivity contribution is 1.07. The first-order chi connectivity index (χ1) is 6.36. The molecule has 0 saturated carbocycles. The molecule has 0 N–H and O–H groups in total. The van der Waals surface area contributed by atoms with Crippen LogP contribution in [0.2, 0.25) is 0 Å². The van der Waals surface area contributed by atoms with Gasteiger partial charge in [0.2, 0.25) is 0 Å². The second-order valence-electron chi connectivity index (χ2n) is 2.30. The summed E-state index contributed by atoms with van der Waals surface area (Å²) < 4.78 is 0.840. The van der Waals surface area contributed by atoms with Gasteiger partial charge in [-0.2, -0.15) is 0 Å². The molecule has 0 amide bonds. The number of halogens is 1. The van der Waals surface area contributed by atoms with E-state index in [1.54, 1.807) is 30.9 Å². The van der Waals surface area contributed by atoms with Gasteiger partial charge in [0.1, 0.15) is 0 Å². The molecule has 4 nitrogen and oxygen atoms in total. The third kappa shape index (κ3) is 1.86. The molecule has 0 radical (unpaired) electrons. The lowest BCUT2D eigenvalue weighted by Crippen LogP contribution is -1.92. The van der Waals surface area contributed by atoms with Crippen LogP contribution in [0.5, 0.6) is 0 Å². The molecule has 0 saturated heterocycles. The van der Waals surface area contributed by atoms with Crippen LogP contribution in [0.25, 0.3) is 11.6 Å². The van der Waals surface area contributed by atoms with Crippen molar-refractivity contribution in [1.29, 1.82) is 0 Å². The van der Waals surface area contributed by atoms with E-state index in [9.17, 15) is 0 Å². The minimum atomic E-state index is 0.531. The zero-order valence-corrected chi connectivity index (χ0v) is 8.14. The molecule has 2 rings (SSSR count). The maximum Gasteiger partial charge on any atom is 0.197 e. The highest BCUT2D eigenvalue weighted by molar-refractivity contribution is 9.10. The van der Waals surface area contributed by atoms with E-state index in [1.807, 2.05) is 0 Å². The van der Waals surface area contributed by atoms with Gasteiger partial charge in [-0.1, -0.05) is 0 Å². The summed E-state index contributed by atoms with van der Waals surface area (Å²) in [6.45, 7) is 0. The first kappa shape index (κ1) is 8.25. The number of hydrogen-bond acceptors (Lipinski definition) is 4. The summed E-state index contributed by atoms with van der Waals surface area (Å²) >= 11 is 3.25. The standard InChI is InChI=1S/C8H5BrN4/c9-6-4-12-8(13-5-6)7-10-2-1-3-11-7/h1-5H. The smallest absolute Gasteiger partial charge is 0.197 e. The fourth-order valence-electron chi connectivity index (χ4n) is 0.842. The Morgan fingerprint density at radius 3 is 2.00 bits per heavy atom. The van der Waals surface area contributed by atoms with Gasteiger partial charge in [0.25, 0.3) is 0 Å². The monoisotopic (exact) mass is 236 g/mol. The maximum absolute atomic E-state index is 4.07. The van der Waals surface area contributed by atoms with Gasteiger partial charge in [-0.15, -0.1) is 0 Å². The zero-order chi connectivity index (χ0) is 9.10. The molecule has 0 aliphatic carbocycles. The molecule has 13 heavy (non-hydrogen) atoms. The summed E-state index contributed by atoms with van der Waals surface area (Å²) in [4.78, 5) is 16.2. The third-order valence-corrected chi connectivity index (χ3v) is 1.80. The molecule has 0 aliphatic rings. The molecule has 64 valence electrons. The molecule has 0 atom stereocenters. The van der Waals surface area contributed by atoms with Crippen LogP contribution in [0.3, 0.4) is 0 Å². The van der Waals surface area contributed by atoms with Crippen molar-refractivity contribution in [1.82, 2.24) is 19.9 Å². The van der Waals surface area contributed by atoms with Crippen molar-refractivity contribution < 1.29 is 0 Å². The Bertz CT molecular complexity index is 387. The van der Waals surface area contributed by atoms with Crippen LogP contribution in [-0.4, -0.2) is 19.9 Å². The highest BCUT2D eigenvalue weighted by atomic mass is 79.9. The van der Waals surface area contributed by atoms with Crippen LogP contribution in [-0.2, 0) is 0 Å². The molecule has 0 unspecified atom stereocenters. The average molecular weight is 237 g/mol. The predicted molar refractivity (Wildman–Crippen MR) is 50.8 cm³/mol. The molecule has 2 heterocycles. The fraction of sp³-hybridized carbons (Fsp3) is 0. The SMILES string of the molecule is Brc1cnc(-c2ncccn2)nc1. The first-order valence-corrected chi connectivity index (χ1v) is 4.40.